The molecule has 0 amide bonds. The monoisotopic (exact) mass is 470 g/mol. The van der Waals surface area contributed by atoms with Crippen LogP contribution in [0.1, 0.15) is 31.6 Å². The van der Waals surface area contributed by atoms with Crippen molar-refractivity contribution in [3.05, 3.63) is 46.6 Å². The molecule has 3 aromatic heterocycles. The van der Waals surface area contributed by atoms with Gasteiger partial charge in [0.1, 0.15) is 23.4 Å². The summed E-state index contributed by atoms with van der Waals surface area (Å²) in [6.45, 7) is 4.63. The lowest BCUT2D eigenvalue weighted by Gasteiger charge is -2.30. The van der Waals surface area contributed by atoms with Crippen molar-refractivity contribution in [1.82, 2.24) is 29.0 Å². The number of β-amino-alcohol motifs (C(OH)–C–C–N with tert-alkyl or cyclic N) is 1. The van der Waals surface area contributed by atoms with Crippen LogP contribution in [0.4, 0.5) is 4.39 Å². The summed E-state index contributed by atoms with van der Waals surface area (Å²) in [5, 5.41) is 14.0. The Balaban J connectivity index is 1.60. The number of aliphatic hydroxyl groups excluding tert-OH is 1. The van der Waals surface area contributed by atoms with E-state index in [0.717, 1.165) is 19.4 Å². The summed E-state index contributed by atoms with van der Waals surface area (Å²) in [5.74, 6) is 0.0683. The Morgan fingerprint density at radius 3 is 2.97 bits per heavy atom. The zero-order valence-corrected chi connectivity index (χ0v) is 19.1. The van der Waals surface area contributed by atoms with Crippen molar-refractivity contribution in [3.8, 4) is 11.5 Å². The molecule has 10 nitrogen and oxygen atoms in total. The van der Waals surface area contributed by atoms with Crippen LogP contribution in [0.2, 0.25) is 0 Å². The number of benzene rings is 1. The summed E-state index contributed by atoms with van der Waals surface area (Å²) in [7, 11) is 1.59. The fourth-order valence-electron chi connectivity index (χ4n) is 4.60. The number of aliphatic hydroxyl groups is 1. The Kier molecular flexibility index (Phi) is 6.15. The second-order valence-corrected chi connectivity index (χ2v) is 8.81. The van der Waals surface area contributed by atoms with Crippen molar-refractivity contribution in [3.63, 3.8) is 0 Å². The standard InChI is InChI=1S/C23H27FN6O4/c1-14(12-33-2)22-26-21(27-34-22)19-20-23(32)29(9-8-28-7-3-4-16(31)11-28)18-10-15(24)5-6-17(18)30(20)13-25-19/h5-6,10,13-14,16,31H,3-4,7-9,11-12H2,1-2H3. The maximum atomic E-state index is 14.2. The molecule has 4 heterocycles. The number of piperidine rings is 1. The molecule has 11 heteroatoms. The van der Waals surface area contributed by atoms with Gasteiger partial charge in [-0.15, -0.1) is 0 Å². The van der Waals surface area contributed by atoms with Crippen LogP contribution in [0.25, 0.3) is 28.1 Å². The molecule has 1 aromatic carbocycles. The summed E-state index contributed by atoms with van der Waals surface area (Å²) in [6, 6.07) is 4.35. The first kappa shape index (κ1) is 22.6. The summed E-state index contributed by atoms with van der Waals surface area (Å²) in [6.07, 6.45) is 2.84. The maximum absolute atomic E-state index is 14.2. The highest BCUT2D eigenvalue weighted by Crippen LogP contribution is 2.25. The van der Waals surface area contributed by atoms with Crippen molar-refractivity contribution in [2.45, 2.75) is 38.3 Å². The van der Waals surface area contributed by atoms with Gasteiger partial charge in [-0.3, -0.25) is 14.1 Å². The number of aromatic nitrogens is 5. The molecule has 1 N–H and O–H groups in total. The van der Waals surface area contributed by atoms with Crippen molar-refractivity contribution in [2.24, 2.45) is 0 Å². The lowest BCUT2D eigenvalue weighted by Crippen LogP contribution is -2.40. The minimum Gasteiger partial charge on any atom is -0.392 e. The average molecular weight is 471 g/mol. The molecule has 2 atom stereocenters. The Morgan fingerprint density at radius 1 is 1.32 bits per heavy atom. The van der Waals surface area contributed by atoms with Crippen molar-refractivity contribution in [1.29, 1.82) is 0 Å². The Bertz CT molecular complexity index is 1380. The van der Waals surface area contributed by atoms with E-state index in [9.17, 15) is 14.3 Å². The van der Waals surface area contributed by atoms with Crippen LogP contribution in [0, 0.1) is 5.82 Å². The third kappa shape index (κ3) is 4.10. The van der Waals surface area contributed by atoms with E-state index in [4.69, 9.17) is 9.26 Å². The highest BCUT2D eigenvalue weighted by atomic mass is 19.1. The minimum absolute atomic E-state index is 0.111. The predicted molar refractivity (Wildman–Crippen MR) is 122 cm³/mol. The van der Waals surface area contributed by atoms with Crippen LogP contribution in [0.3, 0.4) is 0 Å². The van der Waals surface area contributed by atoms with Crippen LogP contribution >= 0.6 is 0 Å². The van der Waals surface area contributed by atoms with Crippen LogP contribution in [0.5, 0.6) is 0 Å². The molecule has 0 radical (unpaired) electrons. The van der Waals surface area contributed by atoms with Gasteiger partial charge in [0.25, 0.3) is 5.56 Å². The molecule has 5 rings (SSSR count). The molecular weight excluding hydrogens is 443 g/mol. The van der Waals surface area contributed by atoms with Crippen LogP contribution in [0.15, 0.2) is 33.8 Å². The Morgan fingerprint density at radius 2 is 2.18 bits per heavy atom. The second kappa shape index (κ2) is 9.24. The predicted octanol–water partition coefficient (Wildman–Crippen LogP) is 2.04. The number of likely N-dealkylation sites (tertiary alicyclic amines) is 1. The Labute approximate surface area is 194 Å². The van der Waals surface area contributed by atoms with Gasteiger partial charge >= 0.3 is 0 Å². The number of nitrogens with zero attached hydrogens (tertiary/aromatic N) is 6. The van der Waals surface area contributed by atoms with Gasteiger partial charge in [0.15, 0.2) is 0 Å². The van der Waals surface area contributed by atoms with E-state index in [2.05, 4.69) is 20.0 Å². The number of fused-ring (bicyclic) bond motifs is 3. The molecule has 1 aliphatic rings. The maximum Gasteiger partial charge on any atom is 0.277 e. The molecule has 2 unspecified atom stereocenters. The van der Waals surface area contributed by atoms with Gasteiger partial charge in [-0.2, -0.15) is 4.98 Å². The molecule has 0 aliphatic carbocycles. The van der Waals surface area contributed by atoms with Crippen molar-refractivity contribution >= 4 is 16.6 Å². The second-order valence-electron chi connectivity index (χ2n) is 8.81. The van der Waals surface area contributed by atoms with Gasteiger partial charge in [0.2, 0.25) is 11.7 Å². The van der Waals surface area contributed by atoms with E-state index < -0.39 is 5.82 Å². The normalized spacial score (nSPS) is 18.2. The molecule has 1 saturated heterocycles. The number of imidazole rings is 1. The summed E-state index contributed by atoms with van der Waals surface area (Å²) in [4.78, 5) is 24.7. The third-order valence-corrected chi connectivity index (χ3v) is 6.32. The summed E-state index contributed by atoms with van der Waals surface area (Å²) >= 11 is 0. The van der Waals surface area contributed by atoms with E-state index >= 15 is 0 Å². The van der Waals surface area contributed by atoms with E-state index in [-0.39, 0.29) is 23.4 Å². The van der Waals surface area contributed by atoms with Gasteiger partial charge in [-0.1, -0.05) is 12.1 Å². The molecule has 1 fully saturated rings. The van der Waals surface area contributed by atoms with Crippen LogP contribution in [-0.2, 0) is 11.3 Å². The number of hydrogen-bond donors (Lipinski definition) is 1. The largest absolute Gasteiger partial charge is 0.392 e. The number of methoxy groups -OCH3 is 1. The highest BCUT2D eigenvalue weighted by molar-refractivity contribution is 5.83. The van der Waals surface area contributed by atoms with Gasteiger partial charge in [-0.25, -0.2) is 9.37 Å². The number of ether oxygens (including phenoxy) is 1. The SMILES string of the molecule is COCC(C)c1nc(-c2ncn3c2c(=O)n(CCN2CCCC(O)C2)c2cc(F)ccc23)no1. The van der Waals surface area contributed by atoms with E-state index in [1.165, 1.54) is 18.5 Å². The number of hydrogen-bond acceptors (Lipinski definition) is 8. The molecule has 180 valence electrons. The molecule has 0 saturated carbocycles. The first-order valence-corrected chi connectivity index (χ1v) is 11.4. The van der Waals surface area contributed by atoms with Crippen LogP contribution in [-0.4, -0.2) is 73.6 Å². The van der Waals surface area contributed by atoms with Gasteiger partial charge in [0.05, 0.1) is 29.7 Å². The summed E-state index contributed by atoms with van der Waals surface area (Å²) in [5.41, 5.74) is 1.40. The molecule has 34 heavy (non-hydrogen) atoms. The third-order valence-electron chi connectivity index (χ3n) is 6.32. The molecule has 1 aliphatic heterocycles. The molecule has 4 aromatic rings. The molecule has 0 spiro atoms. The van der Waals surface area contributed by atoms with Crippen molar-refractivity contribution < 1.29 is 18.8 Å². The average Bonchev–Trinajstić information content (AvgIpc) is 3.47. The van der Waals surface area contributed by atoms with E-state index in [0.29, 0.717) is 54.4 Å². The van der Waals surface area contributed by atoms with Gasteiger partial charge in [-0.05, 0) is 37.6 Å². The summed E-state index contributed by atoms with van der Waals surface area (Å²) < 4.78 is 27.9. The first-order chi connectivity index (χ1) is 16.5. The number of rotatable bonds is 7. The number of halogens is 1. The van der Waals surface area contributed by atoms with Gasteiger partial charge < -0.3 is 18.9 Å². The highest BCUT2D eigenvalue weighted by Gasteiger charge is 2.23. The van der Waals surface area contributed by atoms with Crippen molar-refractivity contribution in [2.75, 3.05) is 33.4 Å². The van der Waals surface area contributed by atoms with Crippen LogP contribution < -0.4 is 5.56 Å². The minimum atomic E-state index is -0.427. The zero-order chi connectivity index (χ0) is 23.8. The Hall–Kier alpha value is -3.15. The fraction of sp³-hybridized carbons (Fsp3) is 0.478. The smallest absolute Gasteiger partial charge is 0.277 e. The first-order valence-electron chi connectivity index (χ1n) is 11.4. The quantitative estimate of drug-likeness (QED) is 0.437. The van der Waals surface area contributed by atoms with Gasteiger partial charge in [0, 0.05) is 26.7 Å². The topological polar surface area (TPSA) is 111 Å². The lowest BCUT2D eigenvalue weighted by molar-refractivity contribution is 0.0690. The fourth-order valence-corrected chi connectivity index (χ4v) is 4.60. The zero-order valence-electron chi connectivity index (χ0n) is 19.1. The van der Waals surface area contributed by atoms with E-state index in [1.54, 1.807) is 22.1 Å². The van der Waals surface area contributed by atoms with E-state index in [1.807, 2.05) is 6.92 Å². The lowest BCUT2D eigenvalue weighted by atomic mass is 10.1. The molecular formula is C23H27FN6O4. The molecule has 0 bridgehead atoms.